The molecule has 0 aromatic rings. The van der Waals surface area contributed by atoms with Crippen LogP contribution in [0.25, 0.3) is 0 Å². The van der Waals surface area contributed by atoms with E-state index in [1.807, 2.05) is 4.90 Å². The number of primary amides is 1. The summed E-state index contributed by atoms with van der Waals surface area (Å²) >= 11 is 0. The molecule has 20 heavy (non-hydrogen) atoms. The molecule has 1 atom stereocenters. The van der Waals surface area contributed by atoms with Gasteiger partial charge in [-0.25, -0.2) is 0 Å². The van der Waals surface area contributed by atoms with Crippen molar-refractivity contribution in [2.24, 2.45) is 5.73 Å². The Morgan fingerprint density at radius 2 is 2.10 bits per heavy atom. The van der Waals surface area contributed by atoms with Crippen molar-refractivity contribution < 1.29 is 14.3 Å². The first-order chi connectivity index (χ1) is 9.63. The number of carbonyl (C=O) groups excluding carboxylic acids is 2. The summed E-state index contributed by atoms with van der Waals surface area (Å²) in [6, 6.07) is 0.197. The maximum absolute atomic E-state index is 11.9. The highest BCUT2D eigenvalue weighted by molar-refractivity contribution is 5.77. The molecule has 2 aliphatic heterocycles. The normalized spacial score (nSPS) is 25.3. The van der Waals surface area contributed by atoms with Gasteiger partial charge < -0.3 is 21.1 Å². The van der Waals surface area contributed by atoms with Gasteiger partial charge in [0.1, 0.15) is 0 Å². The highest BCUT2D eigenvalue weighted by Crippen LogP contribution is 2.10. The van der Waals surface area contributed by atoms with Crippen molar-refractivity contribution in [2.75, 3.05) is 39.3 Å². The van der Waals surface area contributed by atoms with E-state index in [0.29, 0.717) is 19.6 Å². The average Bonchev–Trinajstić information content (AvgIpc) is 2.41. The van der Waals surface area contributed by atoms with Gasteiger partial charge in [0.2, 0.25) is 11.8 Å². The minimum atomic E-state index is -0.297. The lowest BCUT2D eigenvalue weighted by Gasteiger charge is -2.32. The number of morpholine rings is 1. The van der Waals surface area contributed by atoms with Crippen LogP contribution in [0, 0.1) is 0 Å². The van der Waals surface area contributed by atoms with E-state index in [9.17, 15) is 9.59 Å². The van der Waals surface area contributed by atoms with Crippen LogP contribution in [0.2, 0.25) is 0 Å². The van der Waals surface area contributed by atoms with Crippen LogP contribution in [0.1, 0.15) is 19.3 Å². The van der Waals surface area contributed by atoms with E-state index in [2.05, 4.69) is 10.6 Å². The van der Waals surface area contributed by atoms with Gasteiger partial charge in [-0.2, -0.15) is 0 Å². The minimum absolute atomic E-state index is 0.0151. The number of hydrogen-bond acceptors (Lipinski definition) is 5. The van der Waals surface area contributed by atoms with E-state index in [0.717, 1.165) is 39.0 Å². The van der Waals surface area contributed by atoms with Crippen molar-refractivity contribution in [3.8, 4) is 0 Å². The summed E-state index contributed by atoms with van der Waals surface area (Å²) in [5.74, 6) is -0.249. The Morgan fingerprint density at radius 1 is 1.35 bits per heavy atom. The standard InChI is InChI=1S/C13H24N4O3/c14-12(18)9-17-4-1-10(2-5-17)16-13(19)7-11-8-15-3-6-20-11/h10-11,15H,1-9H2,(H2,14,18)(H,16,19). The van der Waals surface area contributed by atoms with E-state index in [1.54, 1.807) is 0 Å². The zero-order valence-corrected chi connectivity index (χ0v) is 11.8. The number of likely N-dealkylation sites (tertiary alicyclic amines) is 1. The van der Waals surface area contributed by atoms with Crippen LogP contribution >= 0.6 is 0 Å². The molecule has 1 unspecified atom stereocenters. The highest BCUT2D eigenvalue weighted by Gasteiger charge is 2.23. The number of nitrogens with zero attached hydrogens (tertiary/aromatic N) is 1. The van der Waals surface area contributed by atoms with Gasteiger partial charge >= 0.3 is 0 Å². The van der Waals surface area contributed by atoms with Crippen LogP contribution in [0.3, 0.4) is 0 Å². The largest absolute Gasteiger partial charge is 0.375 e. The van der Waals surface area contributed by atoms with Crippen LogP contribution in [0.5, 0.6) is 0 Å². The molecule has 7 nitrogen and oxygen atoms in total. The number of ether oxygens (including phenoxy) is 1. The Bertz CT molecular complexity index is 337. The van der Waals surface area contributed by atoms with Crippen molar-refractivity contribution in [2.45, 2.75) is 31.4 Å². The number of rotatable bonds is 5. The number of carbonyl (C=O) groups is 2. The van der Waals surface area contributed by atoms with E-state index in [-0.39, 0.29) is 24.0 Å². The fraction of sp³-hybridized carbons (Fsp3) is 0.846. The molecule has 2 aliphatic rings. The predicted octanol–water partition coefficient (Wildman–Crippen LogP) is -1.57. The van der Waals surface area contributed by atoms with Crippen molar-refractivity contribution in [1.29, 1.82) is 0 Å². The molecule has 7 heteroatoms. The Kier molecular flexibility index (Phi) is 5.75. The second kappa shape index (κ2) is 7.56. The van der Waals surface area contributed by atoms with Gasteiger partial charge in [-0.1, -0.05) is 0 Å². The van der Waals surface area contributed by atoms with Gasteiger partial charge in [0.15, 0.2) is 0 Å². The number of nitrogens with two attached hydrogens (primary N) is 1. The third-order valence-corrected chi connectivity index (χ3v) is 3.75. The fourth-order valence-electron chi connectivity index (χ4n) is 2.70. The summed E-state index contributed by atoms with van der Waals surface area (Å²) in [5.41, 5.74) is 5.17. The summed E-state index contributed by atoms with van der Waals surface area (Å²) in [6.45, 7) is 4.18. The van der Waals surface area contributed by atoms with Crippen molar-refractivity contribution in [3.05, 3.63) is 0 Å². The first kappa shape index (κ1) is 15.2. The highest BCUT2D eigenvalue weighted by atomic mass is 16.5. The SMILES string of the molecule is NC(=O)CN1CCC(NC(=O)CC2CNCCO2)CC1. The Hall–Kier alpha value is -1.18. The third kappa shape index (κ3) is 5.07. The number of nitrogens with one attached hydrogen (secondary N) is 2. The second-order valence-corrected chi connectivity index (χ2v) is 5.49. The molecule has 2 rings (SSSR count). The zero-order valence-electron chi connectivity index (χ0n) is 11.8. The first-order valence-electron chi connectivity index (χ1n) is 7.26. The molecule has 0 radical (unpaired) electrons. The summed E-state index contributed by atoms with van der Waals surface area (Å²) in [6.07, 6.45) is 2.12. The van der Waals surface area contributed by atoms with Crippen LogP contribution in [-0.2, 0) is 14.3 Å². The lowest BCUT2D eigenvalue weighted by molar-refractivity contribution is -0.126. The Balaban J connectivity index is 1.64. The van der Waals surface area contributed by atoms with Crippen molar-refractivity contribution >= 4 is 11.8 Å². The van der Waals surface area contributed by atoms with Crippen molar-refractivity contribution in [3.63, 3.8) is 0 Å². The number of amides is 2. The maximum Gasteiger partial charge on any atom is 0.231 e. The number of piperidine rings is 1. The number of hydrogen-bond donors (Lipinski definition) is 3. The maximum atomic E-state index is 11.9. The fourth-order valence-corrected chi connectivity index (χ4v) is 2.70. The van der Waals surface area contributed by atoms with Crippen LogP contribution < -0.4 is 16.4 Å². The van der Waals surface area contributed by atoms with E-state index >= 15 is 0 Å². The molecule has 114 valence electrons. The summed E-state index contributed by atoms with van der Waals surface area (Å²) in [4.78, 5) is 24.8. The molecule has 0 bridgehead atoms. The lowest BCUT2D eigenvalue weighted by Crippen LogP contribution is -2.48. The molecule has 2 saturated heterocycles. The lowest BCUT2D eigenvalue weighted by atomic mass is 10.0. The molecule has 0 aliphatic carbocycles. The minimum Gasteiger partial charge on any atom is -0.375 e. The second-order valence-electron chi connectivity index (χ2n) is 5.49. The van der Waals surface area contributed by atoms with E-state index in [1.165, 1.54) is 0 Å². The van der Waals surface area contributed by atoms with Crippen LogP contribution in [0.4, 0.5) is 0 Å². The third-order valence-electron chi connectivity index (χ3n) is 3.75. The van der Waals surface area contributed by atoms with E-state index in [4.69, 9.17) is 10.5 Å². The molecule has 2 heterocycles. The molecule has 4 N–H and O–H groups in total. The topological polar surface area (TPSA) is 96.7 Å². The Morgan fingerprint density at radius 3 is 2.70 bits per heavy atom. The van der Waals surface area contributed by atoms with Gasteiger partial charge in [-0.05, 0) is 12.8 Å². The van der Waals surface area contributed by atoms with E-state index < -0.39 is 0 Å². The van der Waals surface area contributed by atoms with Crippen LogP contribution in [0.15, 0.2) is 0 Å². The smallest absolute Gasteiger partial charge is 0.231 e. The summed E-state index contributed by atoms with van der Waals surface area (Å²) < 4.78 is 5.52. The molecule has 0 saturated carbocycles. The first-order valence-corrected chi connectivity index (χ1v) is 7.26. The summed E-state index contributed by atoms with van der Waals surface area (Å²) in [5, 5.41) is 6.26. The quantitative estimate of drug-likeness (QED) is 0.567. The molecule has 0 aromatic carbocycles. The van der Waals surface area contributed by atoms with Gasteiger partial charge in [-0.15, -0.1) is 0 Å². The molecule has 2 fully saturated rings. The zero-order chi connectivity index (χ0) is 14.4. The van der Waals surface area contributed by atoms with Gasteiger partial charge in [-0.3, -0.25) is 14.5 Å². The Labute approximate surface area is 119 Å². The van der Waals surface area contributed by atoms with Crippen molar-refractivity contribution in [1.82, 2.24) is 15.5 Å². The van der Waals surface area contributed by atoms with Crippen LogP contribution in [-0.4, -0.2) is 68.2 Å². The predicted molar refractivity (Wildman–Crippen MR) is 74.0 cm³/mol. The molecular weight excluding hydrogens is 260 g/mol. The molecule has 0 aromatic heterocycles. The monoisotopic (exact) mass is 284 g/mol. The summed E-state index contributed by atoms with van der Waals surface area (Å²) in [7, 11) is 0. The average molecular weight is 284 g/mol. The molecule has 2 amide bonds. The molecule has 0 spiro atoms. The van der Waals surface area contributed by atoms with Gasteiger partial charge in [0, 0.05) is 32.2 Å². The molecular formula is C13H24N4O3. The van der Waals surface area contributed by atoms with Gasteiger partial charge in [0.05, 0.1) is 25.7 Å². The van der Waals surface area contributed by atoms with Gasteiger partial charge in [0.25, 0.3) is 0 Å².